The summed E-state index contributed by atoms with van der Waals surface area (Å²) in [7, 11) is -1.10. The van der Waals surface area contributed by atoms with Gasteiger partial charge in [-0.15, -0.1) is 0 Å². The summed E-state index contributed by atoms with van der Waals surface area (Å²) in [5, 5.41) is 3.15. The zero-order valence-corrected chi connectivity index (χ0v) is 14.0. The molecule has 1 saturated carbocycles. The van der Waals surface area contributed by atoms with Crippen LogP contribution in [0.5, 0.6) is 0 Å². The maximum atomic E-state index is 12.4. The van der Waals surface area contributed by atoms with Crippen LogP contribution in [0.2, 0.25) is 0 Å². The Morgan fingerprint density at radius 3 is 2.48 bits per heavy atom. The highest BCUT2D eigenvalue weighted by Gasteiger charge is 2.30. The summed E-state index contributed by atoms with van der Waals surface area (Å²) in [6, 6.07) is 0.117. The van der Waals surface area contributed by atoms with Crippen LogP contribution >= 0.6 is 0 Å². The summed E-state index contributed by atoms with van der Waals surface area (Å²) in [5.74, 6) is 1.17. The standard InChI is InChI=1S/C15H28N2O3S/c1-3-12-4-6-14(7-5-12)17(2)15(18)10-13-11-21(19,20)9-8-16-13/h12-14,16H,3-11H2,1-2H3. The number of nitrogens with one attached hydrogen (secondary N) is 1. The molecule has 1 unspecified atom stereocenters. The maximum Gasteiger partial charge on any atom is 0.224 e. The average Bonchev–Trinajstić information content (AvgIpc) is 2.45. The van der Waals surface area contributed by atoms with E-state index in [1.807, 2.05) is 11.9 Å². The first-order chi connectivity index (χ1) is 9.91. The molecule has 5 nitrogen and oxygen atoms in total. The second-order valence-corrected chi connectivity index (χ2v) is 8.79. The van der Waals surface area contributed by atoms with Crippen LogP contribution in [-0.4, -0.2) is 56.4 Å². The highest BCUT2D eigenvalue weighted by molar-refractivity contribution is 7.91. The number of amides is 1. The molecule has 21 heavy (non-hydrogen) atoms. The minimum absolute atomic E-state index is 0.0737. The Labute approximate surface area is 128 Å². The molecule has 0 aromatic carbocycles. The van der Waals surface area contributed by atoms with E-state index >= 15 is 0 Å². The molecule has 0 aromatic rings. The van der Waals surface area contributed by atoms with Crippen molar-refractivity contribution < 1.29 is 13.2 Å². The van der Waals surface area contributed by atoms with E-state index in [1.54, 1.807) is 0 Å². The lowest BCUT2D eigenvalue weighted by Crippen LogP contribution is -2.49. The Bertz CT molecular complexity index is 456. The lowest BCUT2D eigenvalue weighted by atomic mass is 9.84. The first kappa shape index (κ1) is 16.7. The minimum atomic E-state index is -2.97. The van der Waals surface area contributed by atoms with Gasteiger partial charge in [0.1, 0.15) is 0 Å². The lowest BCUT2D eigenvalue weighted by Gasteiger charge is -2.35. The van der Waals surface area contributed by atoms with Crippen LogP contribution in [0.25, 0.3) is 0 Å². The van der Waals surface area contributed by atoms with Gasteiger partial charge in [-0.3, -0.25) is 4.79 Å². The smallest absolute Gasteiger partial charge is 0.224 e. The van der Waals surface area contributed by atoms with Crippen molar-refractivity contribution >= 4 is 15.7 Å². The van der Waals surface area contributed by atoms with Gasteiger partial charge in [-0.2, -0.15) is 0 Å². The Balaban J connectivity index is 1.83. The van der Waals surface area contributed by atoms with E-state index in [1.165, 1.54) is 19.3 Å². The molecule has 1 aliphatic carbocycles. The molecule has 6 heteroatoms. The van der Waals surface area contributed by atoms with Gasteiger partial charge in [-0.1, -0.05) is 13.3 Å². The van der Waals surface area contributed by atoms with E-state index in [0.29, 0.717) is 19.0 Å². The molecule has 0 spiro atoms. The molecule has 2 fully saturated rings. The molecular formula is C15H28N2O3S. The number of nitrogens with zero attached hydrogens (tertiary/aromatic N) is 1. The highest BCUT2D eigenvalue weighted by atomic mass is 32.2. The lowest BCUT2D eigenvalue weighted by molar-refractivity contribution is -0.133. The topological polar surface area (TPSA) is 66.5 Å². The molecule has 1 saturated heterocycles. The van der Waals surface area contributed by atoms with Crippen molar-refractivity contribution in [1.29, 1.82) is 0 Å². The van der Waals surface area contributed by atoms with Crippen molar-refractivity contribution in [2.45, 2.75) is 57.5 Å². The Morgan fingerprint density at radius 2 is 1.90 bits per heavy atom. The van der Waals surface area contributed by atoms with E-state index in [2.05, 4.69) is 12.2 Å². The fourth-order valence-corrected chi connectivity index (χ4v) is 4.94. The van der Waals surface area contributed by atoms with Crippen LogP contribution in [-0.2, 0) is 14.6 Å². The third-order valence-electron chi connectivity index (χ3n) is 5.06. The first-order valence-electron chi connectivity index (χ1n) is 8.10. The van der Waals surface area contributed by atoms with Gasteiger partial charge in [-0.25, -0.2) is 8.42 Å². The molecule has 1 heterocycles. The quantitative estimate of drug-likeness (QED) is 0.846. The molecule has 0 aromatic heterocycles. The van der Waals surface area contributed by atoms with Crippen LogP contribution in [0, 0.1) is 5.92 Å². The van der Waals surface area contributed by atoms with Gasteiger partial charge in [0.25, 0.3) is 0 Å². The van der Waals surface area contributed by atoms with E-state index in [4.69, 9.17) is 0 Å². The predicted octanol–water partition coefficient (Wildman–Crippen LogP) is 1.19. The summed E-state index contributed by atoms with van der Waals surface area (Å²) < 4.78 is 23.2. The van der Waals surface area contributed by atoms with Crippen LogP contribution < -0.4 is 5.32 Å². The SMILES string of the molecule is CCC1CCC(N(C)C(=O)CC2CS(=O)(=O)CCN2)CC1. The zero-order valence-electron chi connectivity index (χ0n) is 13.2. The van der Waals surface area contributed by atoms with Gasteiger partial charge in [0, 0.05) is 32.1 Å². The van der Waals surface area contributed by atoms with Crippen LogP contribution in [0.3, 0.4) is 0 Å². The van der Waals surface area contributed by atoms with Gasteiger partial charge in [0.2, 0.25) is 5.91 Å². The summed E-state index contributed by atoms with van der Waals surface area (Å²) >= 11 is 0. The molecule has 0 radical (unpaired) electrons. The average molecular weight is 316 g/mol. The van der Waals surface area contributed by atoms with Crippen molar-refractivity contribution in [3.63, 3.8) is 0 Å². The van der Waals surface area contributed by atoms with Crippen LogP contribution in [0.1, 0.15) is 45.4 Å². The molecule has 1 atom stereocenters. The molecule has 1 aliphatic heterocycles. The van der Waals surface area contributed by atoms with Gasteiger partial charge >= 0.3 is 0 Å². The molecular weight excluding hydrogens is 288 g/mol. The predicted molar refractivity (Wildman–Crippen MR) is 83.9 cm³/mol. The normalized spacial score (nSPS) is 32.6. The highest BCUT2D eigenvalue weighted by Crippen LogP contribution is 2.29. The molecule has 0 bridgehead atoms. The molecule has 122 valence electrons. The van der Waals surface area contributed by atoms with Gasteiger partial charge < -0.3 is 10.2 Å². The fourth-order valence-electron chi connectivity index (χ4n) is 3.50. The first-order valence-corrected chi connectivity index (χ1v) is 9.93. The van der Waals surface area contributed by atoms with E-state index in [9.17, 15) is 13.2 Å². The fraction of sp³-hybridized carbons (Fsp3) is 0.933. The van der Waals surface area contributed by atoms with E-state index in [0.717, 1.165) is 18.8 Å². The number of rotatable bonds is 4. The Kier molecular flexibility index (Phi) is 5.66. The number of sulfone groups is 1. The van der Waals surface area contributed by atoms with Crippen molar-refractivity contribution in [2.24, 2.45) is 5.92 Å². The van der Waals surface area contributed by atoms with Crippen molar-refractivity contribution in [3.8, 4) is 0 Å². The minimum Gasteiger partial charge on any atom is -0.343 e. The van der Waals surface area contributed by atoms with E-state index < -0.39 is 9.84 Å². The summed E-state index contributed by atoms with van der Waals surface area (Å²) in [5.41, 5.74) is 0. The van der Waals surface area contributed by atoms with Crippen LogP contribution in [0.15, 0.2) is 0 Å². The number of carbonyl (C=O) groups is 1. The number of hydrogen-bond acceptors (Lipinski definition) is 4. The van der Waals surface area contributed by atoms with E-state index in [-0.39, 0.29) is 23.5 Å². The summed E-state index contributed by atoms with van der Waals surface area (Å²) in [6.07, 6.45) is 6.09. The molecule has 2 aliphatic rings. The van der Waals surface area contributed by atoms with Gasteiger partial charge in [-0.05, 0) is 31.6 Å². The number of carbonyl (C=O) groups excluding carboxylic acids is 1. The molecule has 1 amide bonds. The summed E-state index contributed by atoms with van der Waals surface area (Å²) in [6.45, 7) is 2.70. The maximum absolute atomic E-state index is 12.4. The second-order valence-electron chi connectivity index (χ2n) is 6.56. The zero-order chi connectivity index (χ0) is 15.5. The molecule has 2 rings (SSSR count). The Morgan fingerprint density at radius 1 is 1.24 bits per heavy atom. The van der Waals surface area contributed by atoms with Gasteiger partial charge in [0.05, 0.1) is 11.5 Å². The number of hydrogen-bond donors (Lipinski definition) is 1. The Hall–Kier alpha value is -0.620. The van der Waals surface area contributed by atoms with Crippen molar-refractivity contribution in [1.82, 2.24) is 10.2 Å². The third kappa shape index (κ3) is 4.68. The van der Waals surface area contributed by atoms with Gasteiger partial charge in [0.15, 0.2) is 9.84 Å². The van der Waals surface area contributed by atoms with Crippen LogP contribution in [0.4, 0.5) is 0 Å². The monoisotopic (exact) mass is 316 g/mol. The third-order valence-corrected chi connectivity index (χ3v) is 6.79. The second kappa shape index (κ2) is 7.09. The molecule has 1 N–H and O–H groups in total. The largest absolute Gasteiger partial charge is 0.343 e. The van der Waals surface area contributed by atoms with Crippen molar-refractivity contribution in [2.75, 3.05) is 25.1 Å². The summed E-state index contributed by atoms with van der Waals surface area (Å²) in [4.78, 5) is 14.2. The van der Waals surface area contributed by atoms with Crippen molar-refractivity contribution in [3.05, 3.63) is 0 Å².